The highest BCUT2D eigenvalue weighted by atomic mass is 79.9. The molecular weight excluding hydrogens is 283 g/mol. The lowest BCUT2D eigenvalue weighted by Gasteiger charge is -2.12. The van der Waals surface area contributed by atoms with Crippen LogP contribution in [0.5, 0.6) is 0 Å². The van der Waals surface area contributed by atoms with E-state index in [1.54, 1.807) is 0 Å². The van der Waals surface area contributed by atoms with Gasteiger partial charge in [0.05, 0.1) is 0 Å². The number of rotatable bonds is 4. The molecule has 6 heteroatoms. The lowest BCUT2D eigenvalue weighted by molar-refractivity contribution is 0.463. The molecule has 0 radical (unpaired) electrons. The van der Waals surface area contributed by atoms with E-state index in [2.05, 4.69) is 20.9 Å². The monoisotopic (exact) mass is 294 g/mol. The highest BCUT2D eigenvalue weighted by molar-refractivity contribution is 9.09. The second-order valence-electron chi connectivity index (χ2n) is 3.32. The average Bonchev–Trinajstić information content (AvgIpc) is 2.21. The van der Waals surface area contributed by atoms with E-state index in [-0.39, 0.29) is 5.02 Å². The van der Waals surface area contributed by atoms with Crippen LogP contribution in [0.3, 0.4) is 0 Å². The zero-order valence-corrected chi connectivity index (χ0v) is 10.6. The SMILES string of the molecule is CCC(CBr)Cn1cc(Cl)c(=O)[nH]c1=O. The van der Waals surface area contributed by atoms with Gasteiger partial charge in [-0.2, -0.15) is 0 Å². The molecule has 1 rings (SSSR count). The van der Waals surface area contributed by atoms with Gasteiger partial charge in [0.2, 0.25) is 0 Å². The van der Waals surface area contributed by atoms with Crippen LogP contribution in [0.2, 0.25) is 5.02 Å². The van der Waals surface area contributed by atoms with Crippen LogP contribution in [0.15, 0.2) is 15.8 Å². The van der Waals surface area contributed by atoms with Gasteiger partial charge in [-0.05, 0) is 5.92 Å². The van der Waals surface area contributed by atoms with Crippen molar-refractivity contribution in [3.63, 3.8) is 0 Å². The number of H-pyrrole nitrogens is 1. The summed E-state index contributed by atoms with van der Waals surface area (Å²) in [6, 6.07) is 0. The third-order valence-corrected chi connectivity index (χ3v) is 3.40. The third kappa shape index (κ3) is 3.21. The number of alkyl halides is 1. The summed E-state index contributed by atoms with van der Waals surface area (Å²) in [7, 11) is 0. The van der Waals surface area contributed by atoms with Crippen molar-refractivity contribution in [2.75, 3.05) is 5.33 Å². The molecule has 0 fully saturated rings. The van der Waals surface area contributed by atoms with Crippen molar-refractivity contribution in [3.05, 3.63) is 32.1 Å². The third-order valence-electron chi connectivity index (χ3n) is 2.22. The highest BCUT2D eigenvalue weighted by Gasteiger charge is 2.08. The standard InChI is InChI=1S/C9H12BrClN2O2/c1-2-6(3-10)4-13-5-7(11)8(14)12-9(13)15/h5-6H,2-4H2,1H3,(H,12,14,15). The second kappa shape index (κ2) is 5.51. The number of hydrogen-bond acceptors (Lipinski definition) is 2. The minimum atomic E-state index is -0.537. The lowest BCUT2D eigenvalue weighted by Crippen LogP contribution is -2.31. The number of aromatic amines is 1. The topological polar surface area (TPSA) is 54.9 Å². The van der Waals surface area contributed by atoms with Crippen molar-refractivity contribution in [1.29, 1.82) is 0 Å². The molecular formula is C9H12BrClN2O2. The smallest absolute Gasteiger partial charge is 0.299 e. The van der Waals surface area contributed by atoms with Crippen LogP contribution in [-0.4, -0.2) is 14.9 Å². The summed E-state index contributed by atoms with van der Waals surface area (Å²) in [5, 5.41) is 0.853. The zero-order valence-electron chi connectivity index (χ0n) is 8.30. The minimum absolute atomic E-state index is 0.0408. The fraction of sp³-hybridized carbons (Fsp3) is 0.556. The van der Waals surface area contributed by atoms with Crippen LogP contribution in [0.4, 0.5) is 0 Å². The molecule has 84 valence electrons. The Bertz CT molecular complexity index is 436. The summed E-state index contributed by atoms with van der Waals surface area (Å²) in [5.74, 6) is 0.352. The Morgan fingerprint density at radius 3 is 2.80 bits per heavy atom. The molecule has 4 nitrogen and oxygen atoms in total. The molecule has 0 aliphatic rings. The molecule has 0 bridgehead atoms. The molecule has 0 spiro atoms. The van der Waals surface area contributed by atoms with Gasteiger partial charge < -0.3 is 0 Å². The van der Waals surface area contributed by atoms with Gasteiger partial charge in [0, 0.05) is 18.1 Å². The van der Waals surface area contributed by atoms with E-state index >= 15 is 0 Å². The van der Waals surface area contributed by atoms with E-state index in [0.29, 0.717) is 12.5 Å². The molecule has 0 aliphatic heterocycles. The van der Waals surface area contributed by atoms with Crippen LogP contribution < -0.4 is 11.2 Å². The molecule has 0 aliphatic carbocycles. The van der Waals surface area contributed by atoms with Crippen molar-refractivity contribution in [2.45, 2.75) is 19.9 Å². The minimum Gasteiger partial charge on any atom is -0.299 e. The van der Waals surface area contributed by atoms with Gasteiger partial charge in [-0.15, -0.1) is 0 Å². The van der Waals surface area contributed by atoms with Crippen molar-refractivity contribution in [1.82, 2.24) is 9.55 Å². The number of nitrogens with one attached hydrogen (secondary N) is 1. The van der Waals surface area contributed by atoms with Gasteiger partial charge in [-0.3, -0.25) is 14.3 Å². The fourth-order valence-corrected chi connectivity index (χ4v) is 2.01. The summed E-state index contributed by atoms with van der Waals surface area (Å²) in [6.45, 7) is 2.60. The second-order valence-corrected chi connectivity index (χ2v) is 4.37. The molecule has 1 unspecified atom stereocenters. The molecule has 0 amide bonds. The molecule has 15 heavy (non-hydrogen) atoms. The van der Waals surface area contributed by atoms with Crippen molar-refractivity contribution >= 4 is 27.5 Å². The molecule has 0 aromatic carbocycles. The Labute approximate surface area is 100 Å². The maximum absolute atomic E-state index is 11.4. The average molecular weight is 296 g/mol. The summed E-state index contributed by atoms with van der Waals surface area (Å²) >= 11 is 9.01. The van der Waals surface area contributed by atoms with Gasteiger partial charge >= 0.3 is 5.69 Å². The Kier molecular flexibility index (Phi) is 4.60. The van der Waals surface area contributed by atoms with E-state index in [0.717, 1.165) is 11.8 Å². The molecule has 1 aromatic heterocycles. The van der Waals surface area contributed by atoms with E-state index < -0.39 is 11.2 Å². The fourth-order valence-electron chi connectivity index (χ4n) is 1.18. The number of aromatic nitrogens is 2. The van der Waals surface area contributed by atoms with E-state index in [1.807, 2.05) is 6.92 Å². The summed E-state index contributed by atoms with van der Waals surface area (Å²) in [4.78, 5) is 24.6. The molecule has 0 saturated carbocycles. The van der Waals surface area contributed by atoms with Crippen molar-refractivity contribution in [2.24, 2.45) is 5.92 Å². The lowest BCUT2D eigenvalue weighted by atomic mass is 10.1. The Hall–Kier alpha value is -0.550. The van der Waals surface area contributed by atoms with E-state index in [4.69, 9.17) is 11.6 Å². The maximum atomic E-state index is 11.4. The van der Waals surface area contributed by atoms with Gasteiger partial charge in [0.25, 0.3) is 5.56 Å². The summed E-state index contributed by atoms with van der Waals surface area (Å²) < 4.78 is 1.43. The Morgan fingerprint density at radius 2 is 2.27 bits per heavy atom. The first-order chi connectivity index (χ1) is 7.08. The maximum Gasteiger partial charge on any atom is 0.328 e. The van der Waals surface area contributed by atoms with Crippen molar-refractivity contribution in [3.8, 4) is 0 Å². The summed E-state index contributed by atoms with van der Waals surface area (Å²) in [6.07, 6.45) is 2.34. The van der Waals surface area contributed by atoms with E-state index in [9.17, 15) is 9.59 Å². The largest absolute Gasteiger partial charge is 0.328 e. The van der Waals surface area contributed by atoms with Crippen LogP contribution in [0.25, 0.3) is 0 Å². The molecule has 1 N–H and O–H groups in total. The molecule has 1 aromatic rings. The first kappa shape index (κ1) is 12.5. The first-order valence-electron chi connectivity index (χ1n) is 4.63. The van der Waals surface area contributed by atoms with Gasteiger partial charge in [0.15, 0.2) is 0 Å². The molecule has 0 saturated heterocycles. The number of hydrogen-bond donors (Lipinski definition) is 1. The van der Waals surface area contributed by atoms with Crippen molar-refractivity contribution < 1.29 is 0 Å². The number of halogens is 2. The quantitative estimate of drug-likeness (QED) is 0.858. The van der Waals surface area contributed by atoms with Crippen LogP contribution in [0, 0.1) is 5.92 Å². The van der Waals surface area contributed by atoms with Gasteiger partial charge in [0.1, 0.15) is 5.02 Å². The highest BCUT2D eigenvalue weighted by Crippen LogP contribution is 2.09. The Balaban J connectivity index is 3.00. The Morgan fingerprint density at radius 1 is 1.60 bits per heavy atom. The molecule has 1 heterocycles. The van der Waals surface area contributed by atoms with Crippen LogP contribution in [0.1, 0.15) is 13.3 Å². The predicted molar refractivity (Wildman–Crippen MR) is 63.9 cm³/mol. The first-order valence-corrected chi connectivity index (χ1v) is 6.13. The molecule has 1 atom stereocenters. The predicted octanol–water partition coefficient (Wildman–Crippen LogP) is 1.61. The van der Waals surface area contributed by atoms with Gasteiger partial charge in [-0.25, -0.2) is 4.79 Å². The van der Waals surface area contributed by atoms with Crippen LogP contribution in [-0.2, 0) is 6.54 Å². The van der Waals surface area contributed by atoms with E-state index in [1.165, 1.54) is 10.8 Å². The normalized spacial score (nSPS) is 12.7. The van der Waals surface area contributed by atoms with Crippen LogP contribution >= 0.6 is 27.5 Å². The summed E-state index contributed by atoms with van der Waals surface area (Å²) in [5.41, 5.74) is -0.950. The number of nitrogens with zero attached hydrogens (tertiary/aromatic N) is 1. The van der Waals surface area contributed by atoms with Gasteiger partial charge in [-0.1, -0.05) is 40.9 Å². The zero-order chi connectivity index (χ0) is 11.4.